The first-order valence-corrected chi connectivity index (χ1v) is 24.1. The number of hydrogen-bond acceptors (Lipinski definition) is 11. The number of sulfonamides is 1. The van der Waals surface area contributed by atoms with E-state index in [2.05, 4.69) is 25.5 Å². The van der Waals surface area contributed by atoms with Crippen molar-refractivity contribution >= 4 is 56.0 Å². The number of benzene rings is 1. The normalized spacial score (nSPS) is 26.1. The van der Waals surface area contributed by atoms with Gasteiger partial charge in [0.1, 0.15) is 22.2 Å². The number of hydrogen-bond donors (Lipinski definition) is 1. The molecular formula is C45H61N5O8S2. The van der Waals surface area contributed by atoms with Crippen LogP contribution in [0, 0.1) is 24.2 Å². The van der Waals surface area contributed by atoms with Gasteiger partial charge in [-0.05, 0) is 104 Å². The monoisotopic (exact) mass is 863 g/mol. The Morgan fingerprint density at radius 1 is 1.05 bits per heavy atom. The number of para-hydroxylation sites is 1. The Hall–Kier alpha value is -4.11. The van der Waals surface area contributed by atoms with E-state index in [4.69, 9.17) is 19.4 Å². The van der Waals surface area contributed by atoms with Crippen molar-refractivity contribution < 1.29 is 37.1 Å². The predicted molar refractivity (Wildman–Crippen MR) is 231 cm³/mol. The van der Waals surface area contributed by atoms with E-state index in [0.29, 0.717) is 38.1 Å². The van der Waals surface area contributed by atoms with Crippen molar-refractivity contribution in [2.75, 3.05) is 6.54 Å². The SMILES string of the molecule is Cc1sc(-c2cccc3c2nc(O[C@@H]2C[C@H]4C(=O)C[C@]5(C(=O)NS(=O)(=O)C6CC6)C[C@@H]5/C=C\CCCCC[C@H](CC(=O)OC(C)(C)C)C(=O)N4C2)n3C(C)C)nc1C(C)C. The van der Waals surface area contributed by atoms with Gasteiger partial charge in [-0.3, -0.25) is 28.5 Å². The van der Waals surface area contributed by atoms with Crippen LogP contribution in [-0.4, -0.2) is 81.0 Å². The molecule has 0 bridgehead atoms. The first kappa shape index (κ1) is 44.0. The highest BCUT2D eigenvalue weighted by Crippen LogP contribution is 2.57. The fourth-order valence-electron chi connectivity index (χ4n) is 8.96. The molecule has 0 unspecified atom stereocenters. The minimum absolute atomic E-state index is 0.0528. The number of carbonyl (C=O) groups excluding carboxylic acids is 4. The number of nitrogens with zero attached hydrogens (tertiary/aromatic N) is 4. The molecule has 15 heteroatoms. The molecule has 5 atom stereocenters. The zero-order valence-corrected chi connectivity index (χ0v) is 37.9. The lowest BCUT2D eigenvalue weighted by molar-refractivity contribution is -0.159. The minimum atomic E-state index is -3.86. The summed E-state index contributed by atoms with van der Waals surface area (Å²) >= 11 is 1.63. The van der Waals surface area contributed by atoms with E-state index in [1.54, 1.807) is 37.0 Å². The van der Waals surface area contributed by atoms with Crippen LogP contribution in [0.1, 0.15) is 142 Å². The van der Waals surface area contributed by atoms with Crippen LogP contribution in [0.25, 0.3) is 21.6 Å². The summed E-state index contributed by atoms with van der Waals surface area (Å²) in [6.07, 6.45) is 7.97. The maximum Gasteiger partial charge on any atom is 0.307 e. The summed E-state index contributed by atoms with van der Waals surface area (Å²) in [4.78, 5) is 69.5. The van der Waals surface area contributed by atoms with Crippen LogP contribution in [0.15, 0.2) is 30.4 Å². The lowest BCUT2D eigenvalue weighted by Gasteiger charge is -2.29. The van der Waals surface area contributed by atoms with Gasteiger partial charge < -0.3 is 14.4 Å². The number of carbonyl (C=O) groups is 4. The molecule has 0 spiro atoms. The standard InChI is InChI=1S/C45H61N5O8S2/c1-26(2)38-28(5)59-40(46-38)33-17-14-18-34-39(33)47-43(50(34)27(3)4)57-31-22-35-36(51)24-45(42(54)48-60(55,56)32-19-20-32)23-30(45)16-13-11-9-10-12-15-29(41(53)49(35)25-31)21-37(52)58-44(6,7)8/h13-14,16-18,26-27,29-32,35H,9-12,15,19-25H2,1-8H3,(H,48,54)/b16-13-/t29-,30+,31-,35+,45-/m1/s1. The lowest BCUT2D eigenvalue weighted by Crippen LogP contribution is -2.46. The van der Waals surface area contributed by atoms with Gasteiger partial charge in [0, 0.05) is 35.2 Å². The Balaban J connectivity index is 1.23. The van der Waals surface area contributed by atoms with Crippen molar-refractivity contribution in [2.45, 2.75) is 161 Å². The van der Waals surface area contributed by atoms with E-state index in [0.717, 1.165) is 51.4 Å². The quantitative estimate of drug-likeness (QED) is 0.156. The summed E-state index contributed by atoms with van der Waals surface area (Å²) in [5, 5.41) is 0.275. The number of ketones is 1. The number of nitrogens with one attached hydrogen (secondary N) is 1. The number of thiazole rings is 1. The predicted octanol–water partition coefficient (Wildman–Crippen LogP) is 7.96. The first-order valence-electron chi connectivity index (χ1n) is 21.7. The van der Waals surface area contributed by atoms with E-state index in [1.807, 2.05) is 48.8 Å². The molecule has 1 saturated heterocycles. The van der Waals surface area contributed by atoms with Gasteiger partial charge in [-0.1, -0.05) is 44.9 Å². The van der Waals surface area contributed by atoms with Crippen LogP contribution in [0.5, 0.6) is 6.01 Å². The van der Waals surface area contributed by atoms with Crippen molar-refractivity contribution in [1.29, 1.82) is 0 Å². The van der Waals surface area contributed by atoms with Gasteiger partial charge in [0.25, 0.3) is 6.01 Å². The van der Waals surface area contributed by atoms with Gasteiger partial charge in [-0.25, -0.2) is 13.4 Å². The third-order valence-corrected chi connectivity index (χ3v) is 15.1. The zero-order chi connectivity index (χ0) is 43.3. The average molecular weight is 864 g/mol. The Kier molecular flexibility index (Phi) is 12.4. The van der Waals surface area contributed by atoms with Gasteiger partial charge in [0.05, 0.1) is 40.9 Å². The highest BCUT2D eigenvalue weighted by atomic mass is 32.2. The Bertz CT molecular complexity index is 2280. The van der Waals surface area contributed by atoms with Crippen LogP contribution in [0.3, 0.4) is 0 Å². The van der Waals surface area contributed by atoms with Crippen molar-refractivity contribution in [3.63, 3.8) is 0 Å². The summed E-state index contributed by atoms with van der Waals surface area (Å²) in [5.74, 6) is -2.59. The summed E-state index contributed by atoms with van der Waals surface area (Å²) in [5.41, 5.74) is 1.58. The smallest absolute Gasteiger partial charge is 0.307 e. The Labute approximate surface area is 358 Å². The molecule has 3 aromatic rings. The van der Waals surface area contributed by atoms with E-state index < -0.39 is 56.2 Å². The largest absolute Gasteiger partial charge is 0.460 e. The highest BCUT2D eigenvalue weighted by molar-refractivity contribution is 7.90. The Morgan fingerprint density at radius 2 is 1.80 bits per heavy atom. The molecule has 326 valence electrons. The number of aromatic nitrogens is 3. The minimum Gasteiger partial charge on any atom is -0.460 e. The molecule has 2 saturated carbocycles. The van der Waals surface area contributed by atoms with Crippen LogP contribution >= 0.6 is 11.3 Å². The zero-order valence-electron chi connectivity index (χ0n) is 36.3. The summed E-state index contributed by atoms with van der Waals surface area (Å²) in [7, 11) is -3.86. The number of aryl methyl sites for hydroxylation is 1. The molecule has 1 N–H and O–H groups in total. The van der Waals surface area contributed by atoms with Crippen LogP contribution in [0.2, 0.25) is 0 Å². The molecule has 3 fully saturated rings. The van der Waals surface area contributed by atoms with Crippen LogP contribution in [-0.2, 0) is 33.9 Å². The Morgan fingerprint density at radius 3 is 2.47 bits per heavy atom. The van der Waals surface area contributed by atoms with Gasteiger partial charge in [0.15, 0.2) is 5.78 Å². The molecule has 7 rings (SSSR count). The summed E-state index contributed by atoms with van der Waals surface area (Å²) in [6, 6.07) is 5.35. The maximum atomic E-state index is 14.8. The van der Waals surface area contributed by atoms with Gasteiger partial charge in [-0.15, -0.1) is 11.3 Å². The van der Waals surface area contributed by atoms with Crippen LogP contribution in [0.4, 0.5) is 0 Å². The number of esters is 1. The van der Waals surface area contributed by atoms with Crippen molar-refractivity contribution in [1.82, 2.24) is 24.2 Å². The molecule has 60 heavy (non-hydrogen) atoms. The average Bonchev–Trinajstić information content (AvgIpc) is 4.00. The van der Waals surface area contributed by atoms with Gasteiger partial charge >= 0.3 is 5.97 Å². The van der Waals surface area contributed by atoms with Crippen molar-refractivity contribution in [3.05, 3.63) is 40.9 Å². The number of rotatable bonds is 10. The molecule has 4 heterocycles. The molecule has 2 aromatic heterocycles. The number of Topliss-reactive ketones (excluding diaryl/α,β-unsaturated/α-hetero) is 1. The molecule has 4 aliphatic rings. The molecule has 0 radical (unpaired) electrons. The third kappa shape index (κ3) is 9.36. The molecular weight excluding hydrogens is 803 g/mol. The van der Waals surface area contributed by atoms with E-state index in [-0.39, 0.29) is 55.4 Å². The molecule has 13 nitrogen and oxygen atoms in total. The number of allylic oxidation sites excluding steroid dienone is 2. The van der Waals surface area contributed by atoms with E-state index in [1.165, 1.54) is 0 Å². The van der Waals surface area contributed by atoms with Gasteiger partial charge in [-0.2, -0.15) is 4.98 Å². The number of amides is 2. The second-order valence-electron chi connectivity index (χ2n) is 19.0. The topological polar surface area (TPSA) is 167 Å². The fourth-order valence-corrected chi connectivity index (χ4v) is 11.4. The second-order valence-corrected chi connectivity index (χ2v) is 22.1. The molecule has 2 aliphatic carbocycles. The summed E-state index contributed by atoms with van der Waals surface area (Å²) < 4.78 is 42.7. The van der Waals surface area contributed by atoms with Gasteiger partial charge in [0.2, 0.25) is 21.8 Å². The number of imidazole rings is 1. The van der Waals surface area contributed by atoms with Crippen molar-refractivity contribution in [3.8, 4) is 16.6 Å². The van der Waals surface area contributed by atoms with Crippen LogP contribution < -0.4 is 9.46 Å². The number of fused-ring (bicyclic) bond motifs is 3. The number of ether oxygens (including phenoxy) is 2. The molecule has 1 aromatic carbocycles. The fraction of sp³-hybridized carbons (Fsp3) is 0.644. The summed E-state index contributed by atoms with van der Waals surface area (Å²) in [6.45, 7) is 15.9. The second kappa shape index (κ2) is 17.0. The maximum absolute atomic E-state index is 14.8. The third-order valence-electron chi connectivity index (χ3n) is 12.3. The van der Waals surface area contributed by atoms with Crippen molar-refractivity contribution in [2.24, 2.45) is 17.3 Å². The molecule has 2 amide bonds. The van der Waals surface area contributed by atoms with E-state index >= 15 is 0 Å². The first-order chi connectivity index (χ1) is 28.3. The van der Waals surface area contributed by atoms with E-state index in [9.17, 15) is 27.6 Å². The highest BCUT2D eigenvalue weighted by Gasteiger charge is 2.61. The lowest BCUT2D eigenvalue weighted by atomic mass is 9.90. The molecule has 2 aliphatic heterocycles.